The van der Waals surface area contributed by atoms with Crippen LogP contribution in [-0.2, 0) is 0 Å². The number of hydrogen-bond donors (Lipinski definition) is 1. The molecule has 93 valence electrons. The van der Waals surface area contributed by atoms with E-state index in [2.05, 4.69) is 50.1 Å². The van der Waals surface area contributed by atoms with Crippen molar-refractivity contribution in [3.05, 3.63) is 24.5 Å². The van der Waals surface area contributed by atoms with Crippen LogP contribution in [0.4, 0.5) is 0 Å². The molecule has 1 radical (unpaired) electrons. The third-order valence-electron chi connectivity index (χ3n) is 3.15. The van der Waals surface area contributed by atoms with Crippen LogP contribution < -0.4 is 9.67 Å². The molecule has 1 aliphatic rings. The minimum absolute atomic E-state index is 0.242. The maximum atomic E-state index is 4.23. The van der Waals surface area contributed by atoms with E-state index < -0.39 is 0 Å². The molecule has 0 aliphatic carbocycles. The summed E-state index contributed by atoms with van der Waals surface area (Å²) in [4.78, 5) is 4.23. The van der Waals surface area contributed by atoms with E-state index in [4.69, 9.17) is 0 Å². The molecule has 1 saturated heterocycles. The van der Waals surface area contributed by atoms with E-state index in [-0.39, 0.29) is 26.8 Å². The molecule has 2 rings (SSSR count). The van der Waals surface area contributed by atoms with E-state index in [1.165, 1.54) is 17.2 Å². The Bertz CT molecular complexity index is 357. The van der Waals surface area contributed by atoms with Gasteiger partial charge in [0.25, 0.3) is 0 Å². The van der Waals surface area contributed by atoms with Crippen molar-refractivity contribution in [1.82, 2.24) is 10.3 Å². The molecule has 1 fully saturated rings. The van der Waals surface area contributed by atoms with Gasteiger partial charge in [0, 0.05) is 0 Å². The van der Waals surface area contributed by atoms with Gasteiger partial charge in [0.05, 0.1) is 0 Å². The molecular formula is C14H22AsN2. The van der Waals surface area contributed by atoms with Crippen molar-refractivity contribution in [3.8, 4) is 0 Å². The van der Waals surface area contributed by atoms with Gasteiger partial charge in [-0.25, -0.2) is 0 Å². The Morgan fingerprint density at radius 3 is 2.41 bits per heavy atom. The molecule has 0 saturated carbocycles. The summed E-state index contributed by atoms with van der Waals surface area (Å²) >= 11 is 0.242. The molecule has 0 amide bonds. The fourth-order valence-corrected chi connectivity index (χ4v) is 6.82. The molecule has 2 nitrogen and oxygen atoms in total. The van der Waals surface area contributed by atoms with Gasteiger partial charge in [-0.1, -0.05) is 0 Å². The zero-order chi connectivity index (χ0) is 12.5. The van der Waals surface area contributed by atoms with E-state index in [9.17, 15) is 0 Å². The summed E-state index contributed by atoms with van der Waals surface area (Å²) in [5, 5.41) is 3.75. The normalized spacial score (nSPS) is 24.2. The average Bonchev–Trinajstić information content (AvgIpc) is 2.13. The van der Waals surface area contributed by atoms with Crippen LogP contribution in [0.2, 0.25) is 4.71 Å². The van der Waals surface area contributed by atoms with Gasteiger partial charge in [-0.05, 0) is 0 Å². The van der Waals surface area contributed by atoms with Crippen LogP contribution in [0.3, 0.4) is 0 Å². The molecule has 1 N–H and O–H groups in total. The Labute approximate surface area is 111 Å². The third kappa shape index (κ3) is 3.82. The van der Waals surface area contributed by atoms with Gasteiger partial charge < -0.3 is 0 Å². The molecule has 3 heteroatoms. The van der Waals surface area contributed by atoms with E-state index in [1.807, 2.05) is 12.4 Å². The molecule has 1 aromatic heterocycles. The fraction of sp³-hybridized carbons (Fsp3) is 0.643. The van der Waals surface area contributed by atoms with Gasteiger partial charge in [-0.3, -0.25) is 0 Å². The molecule has 0 spiro atoms. The Balaban J connectivity index is 2.06. The van der Waals surface area contributed by atoms with Gasteiger partial charge in [0.15, 0.2) is 0 Å². The summed E-state index contributed by atoms with van der Waals surface area (Å²) in [7, 11) is 0. The van der Waals surface area contributed by atoms with Gasteiger partial charge in [-0.2, -0.15) is 0 Å². The fourth-order valence-electron chi connectivity index (χ4n) is 3.00. The number of nitrogens with one attached hydrogen (secondary N) is 1. The molecule has 0 atom stereocenters. The number of pyridine rings is 1. The second-order valence-electron chi connectivity index (χ2n) is 6.30. The summed E-state index contributed by atoms with van der Waals surface area (Å²) in [5.41, 5.74) is 0.536. The van der Waals surface area contributed by atoms with Gasteiger partial charge in [0.2, 0.25) is 0 Å². The predicted octanol–water partition coefficient (Wildman–Crippen LogP) is 2.14. The van der Waals surface area contributed by atoms with Crippen LogP contribution in [-0.4, -0.2) is 31.8 Å². The van der Waals surface area contributed by atoms with E-state index in [0.29, 0.717) is 0 Å². The van der Waals surface area contributed by atoms with Gasteiger partial charge in [-0.15, -0.1) is 0 Å². The third-order valence-corrected chi connectivity index (χ3v) is 5.86. The topological polar surface area (TPSA) is 24.9 Å². The van der Waals surface area contributed by atoms with Crippen LogP contribution >= 0.6 is 0 Å². The van der Waals surface area contributed by atoms with Crippen molar-refractivity contribution in [2.75, 3.05) is 0 Å². The SMILES string of the molecule is CC1(C)CC([As]c2cccnc2)CC(C)(C)N1. The molecule has 0 aromatic carbocycles. The summed E-state index contributed by atoms with van der Waals surface area (Å²) in [6, 6.07) is 4.29. The Hall–Kier alpha value is -0.332. The van der Waals surface area contributed by atoms with Crippen molar-refractivity contribution in [1.29, 1.82) is 0 Å². The number of hydrogen-bond acceptors (Lipinski definition) is 2. The standard InChI is InChI=1S/C14H22AsN2/c1-13(2)8-12(9-14(3,4)17-13)15-11-6-5-7-16-10-11/h5-7,10,12,17H,8-9H2,1-4H3. The first-order valence-corrected chi connectivity index (χ1v) is 8.29. The quantitative estimate of drug-likeness (QED) is 0.845. The minimum atomic E-state index is 0.242. The van der Waals surface area contributed by atoms with Crippen molar-refractivity contribution >= 4 is 20.1 Å². The Kier molecular flexibility index (Phi) is 3.66. The molecule has 2 heterocycles. The summed E-state index contributed by atoms with van der Waals surface area (Å²) in [5.74, 6) is 0. The molecule has 1 aromatic rings. The first kappa shape index (κ1) is 13.1. The molecule has 17 heavy (non-hydrogen) atoms. The summed E-state index contributed by atoms with van der Waals surface area (Å²) in [6.07, 6.45) is 6.47. The number of aromatic nitrogens is 1. The number of piperidine rings is 1. The molecule has 1 aliphatic heterocycles. The Morgan fingerprint density at radius 2 is 1.88 bits per heavy atom. The van der Waals surface area contributed by atoms with E-state index in [0.717, 1.165) is 4.71 Å². The predicted molar refractivity (Wildman–Crippen MR) is 73.9 cm³/mol. The van der Waals surface area contributed by atoms with Crippen LogP contribution in [0.15, 0.2) is 24.5 Å². The second kappa shape index (κ2) is 4.74. The van der Waals surface area contributed by atoms with Crippen LogP contribution in [0.5, 0.6) is 0 Å². The van der Waals surface area contributed by atoms with Crippen molar-refractivity contribution in [3.63, 3.8) is 0 Å². The van der Waals surface area contributed by atoms with E-state index in [1.54, 1.807) is 0 Å². The first-order chi connectivity index (χ1) is 7.86. The van der Waals surface area contributed by atoms with Crippen LogP contribution in [0.1, 0.15) is 40.5 Å². The summed E-state index contributed by atoms with van der Waals surface area (Å²) in [6.45, 7) is 9.30. The second-order valence-corrected chi connectivity index (χ2v) is 9.45. The van der Waals surface area contributed by atoms with E-state index >= 15 is 0 Å². The zero-order valence-electron chi connectivity index (χ0n) is 11.2. The number of nitrogens with zero attached hydrogens (tertiary/aromatic N) is 1. The average molecular weight is 293 g/mol. The molecule has 0 bridgehead atoms. The maximum absolute atomic E-state index is 4.23. The van der Waals surface area contributed by atoms with Crippen LogP contribution in [0.25, 0.3) is 0 Å². The van der Waals surface area contributed by atoms with Crippen molar-refractivity contribution < 1.29 is 0 Å². The van der Waals surface area contributed by atoms with Crippen molar-refractivity contribution in [2.24, 2.45) is 0 Å². The van der Waals surface area contributed by atoms with Gasteiger partial charge >= 0.3 is 111 Å². The van der Waals surface area contributed by atoms with Crippen LogP contribution in [0, 0.1) is 0 Å². The van der Waals surface area contributed by atoms with Crippen molar-refractivity contribution in [2.45, 2.75) is 56.3 Å². The monoisotopic (exact) mass is 293 g/mol. The van der Waals surface area contributed by atoms with Gasteiger partial charge in [0.1, 0.15) is 0 Å². The Morgan fingerprint density at radius 1 is 1.24 bits per heavy atom. The molecular weight excluding hydrogens is 271 g/mol. The molecule has 0 unspecified atom stereocenters. The zero-order valence-corrected chi connectivity index (χ0v) is 13.1. The first-order valence-electron chi connectivity index (χ1n) is 6.27. The number of rotatable bonds is 2. The summed E-state index contributed by atoms with van der Waals surface area (Å²) < 4.78 is 2.31.